The largest absolute Gasteiger partial charge is 0.480 e. The Morgan fingerprint density at radius 2 is 1.73 bits per heavy atom. The summed E-state index contributed by atoms with van der Waals surface area (Å²) in [6.07, 6.45) is 8.61. The number of alkyl halides is 2. The number of aryl methyl sites for hydroxylation is 2. The molecule has 8 heterocycles. The molecule has 10 rings (SSSR count). The second kappa shape index (κ2) is 15.7. The van der Waals surface area contributed by atoms with Gasteiger partial charge in [-0.2, -0.15) is 10.1 Å². The Morgan fingerprint density at radius 1 is 0.952 bits per heavy atom. The summed E-state index contributed by atoms with van der Waals surface area (Å²) in [5.41, 5.74) is 2.44. The van der Waals surface area contributed by atoms with Crippen LogP contribution in [0.1, 0.15) is 74.5 Å². The van der Waals surface area contributed by atoms with Crippen LogP contribution in [0.4, 0.5) is 36.3 Å². The molecule has 62 heavy (non-hydrogen) atoms. The first-order chi connectivity index (χ1) is 29.8. The molecule has 1 saturated carbocycles. The second-order valence-corrected chi connectivity index (χ2v) is 18.0. The monoisotopic (exact) mass is 873 g/mol. The average Bonchev–Trinajstić information content (AvgIpc) is 4.06. The highest BCUT2D eigenvalue weighted by Gasteiger charge is 2.51. The molecule has 326 valence electrons. The van der Waals surface area contributed by atoms with Gasteiger partial charge in [-0.25, -0.2) is 23.1 Å². The van der Waals surface area contributed by atoms with E-state index in [1.54, 1.807) is 30.2 Å². The molecule has 3 N–H and O–H groups in total. The van der Waals surface area contributed by atoms with E-state index in [4.69, 9.17) is 21.3 Å². The lowest BCUT2D eigenvalue weighted by molar-refractivity contribution is -0.134. The normalized spacial score (nSPS) is 22.6. The van der Waals surface area contributed by atoms with Gasteiger partial charge in [0.05, 0.1) is 46.9 Å². The number of likely N-dealkylation sites (tertiary alicyclic amines) is 1. The lowest BCUT2D eigenvalue weighted by Crippen LogP contribution is -2.44. The highest BCUT2D eigenvalue weighted by molar-refractivity contribution is 6.33. The predicted octanol–water partition coefficient (Wildman–Crippen LogP) is 5.98. The minimum absolute atomic E-state index is 0.0729. The number of amides is 2. The van der Waals surface area contributed by atoms with Gasteiger partial charge >= 0.3 is 5.92 Å². The van der Waals surface area contributed by atoms with Gasteiger partial charge in [0.15, 0.2) is 12.4 Å². The molecule has 5 aromatic rings. The van der Waals surface area contributed by atoms with Crippen LogP contribution < -0.4 is 31.1 Å². The molecule has 4 aliphatic heterocycles. The zero-order chi connectivity index (χ0) is 43.0. The van der Waals surface area contributed by atoms with Gasteiger partial charge in [0.25, 0.3) is 5.56 Å². The molecule has 2 amide bonds. The maximum Gasteiger partial charge on any atom is 0.301 e. The third-order valence-corrected chi connectivity index (χ3v) is 13.7. The van der Waals surface area contributed by atoms with Crippen LogP contribution in [-0.2, 0) is 23.7 Å². The number of benzene rings is 1. The van der Waals surface area contributed by atoms with E-state index in [1.807, 2.05) is 6.07 Å². The van der Waals surface area contributed by atoms with Crippen molar-refractivity contribution in [1.82, 2.24) is 39.5 Å². The molecule has 5 aliphatic rings. The van der Waals surface area contributed by atoms with Gasteiger partial charge in [0, 0.05) is 50.9 Å². The Kier molecular flexibility index (Phi) is 10.3. The fraction of sp³-hybridized carbons (Fsp3) is 0.512. The molecule has 15 nitrogen and oxygen atoms in total. The van der Waals surface area contributed by atoms with Crippen molar-refractivity contribution in [2.45, 2.75) is 75.2 Å². The van der Waals surface area contributed by atoms with Crippen LogP contribution >= 0.6 is 11.6 Å². The lowest BCUT2D eigenvalue weighted by Gasteiger charge is -2.38. The first-order valence-electron chi connectivity index (χ1n) is 21.4. The molecule has 19 heteroatoms. The number of piperidine rings is 3. The Balaban J connectivity index is 0.770. The minimum atomic E-state index is -3.16. The van der Waals surface area contributed by atoms with Gasteiger partial charge in [0.2, 0.25) is 23.5 Å². The number of carbonyl (C=O) groups is 2. The molecule has 0 bridgehead atoms. The summed E-state index contributed by atoms with van der Waals surface area (Å²) in [6, 6.07) is 3.97. The number of nitrogens with one attached hydrogen (secondary N) is 3. The number of fused-ring (bicyclic) bond motifs is 4. The van der Waals surface area contributed by atoms with Gasteiger partial charge in [-0.3, -0.25) is 28.9 Å². The first-order valence-corrected chi connectivity index (χ1v) is 21.8. The predicted molar refractivity (Wildman–Crippen MR) is 227 cm³/mol. The third kappa shape index (κ3) is 7.47. The fourth-order valence-corrected chi connectivity index (χ4v) is 9.97. The molecule has 4 aromatic heterocycles. The lowest BCUT2D eigenvalue weighted by atomic mass is 9.86. The van der Waals surface area contributed by atoms with Gasteiger partial charge in [0.1, 0.15) is 16.5 Å². The van der Waals surface area contributed by atoms with Gasteiger partial charge < -0.3 is 25.2 Å². The van der Waals surface area contributed by atoms with E-state index in [1.165, 1.54) is 17.7 Å². The maximum atomic E-state index is 15.8. The van der Waals surface area contributed by atoms with Gasteiger partial charge in [-0.1, -0.05) is 11.6 Å². The Hall–Kier alpha value is -5.49. The van der Waals surface area contributed by atoms with Crippen molar-refractivity contribution in [1.29, 1.82) is 0 Å². The van der Waals surface area contributed by atoms with E-state index in [2.05, 4.69) is 40.8 Å². The Morgan fingerprint density at radius 3 is 2.47 bits per heavy atom. The Labute approximate surface area is 359 Å². The van der Waals surface area contributed by atoms with E-state index in [9.17, 15) is 14.4 Å². The van der Waals surface area contributed by atoms with Crippen LogP contribution in [0.5, 0.6) is 5.75 Å². The van der Waals surface area contributed by atoms with Crippen molar-refractivity contribution < 1.29 is 27.5 Å². The zero-order valence-corrected chi connectivity index (χ0v) is 35.2. The highest BCUT2D eigenvalue weighted by atomic mass is 35.5. The van der Waals surface area contributed by atoms with Crippen molar-refractivity contribution in [3.05, 3.63) is 63.0 Å². The first kappa shape index (κ1) is 40.6. The van der Waals surface area contributed by atoms with Crippen LogP contribution in [0, 0.1) is 17.7 Å². The van der Waals surface area contributed by atoms with E-state index in [0.29, 0.717) is 75.3 Å². The summed E-state index contributed by atoms with van der Waals surface area (Å²) in [4.78, 5) is 56.0. The molecule has 0 radical (unpaired) electrons. The summed E-state index contributed by atoms with van der Waals surface area (Å²) in [7, 11) is 3.34. The molecule has 0 spiro atoms. The fourth-order valence-electron chi connectivity index (χ4n) is 9.83. The minimum Gasteiger partial charge on any atom is -0.480 e. The zero-order valence-electron chi connectivity index (χ0n) is 34.4. The summed E-state index contributed by atoms with van der Waals surface area (Å²) >= 11 is 6.60. The van der Waals surface area contributed by atoms with Crippen LogP contribution in [0.3, 0.4) is 0 Å². The van der Waals surface area contributed by atoms with Crippen molar-refractivity contribution in [3.8, 4) is 5.75 Å². The van der Waals surface area contributed by atoms with Crippen molar-refractivity contribution >= 4 is 68.5 Å². The van der Waals surface area contributed by atoms with Crippen molar-refractivity contribution in [2.75, 3.05) is 54.9 Å². The topological polar surface area (TPSA) is 164 Å². The number of ether oxygens (including phenoxy) is 1. The number of carbonyl (C=O) groups excluding carboxylic acids is 2. The average molecular weight is 874 g/mol. The number of imide groups is 1. The molecule has 4 fully saturated rings. The van der Waals surface area contributed by atoms with E-state index in [0.717, 1.165) is 63.9 Å². The molecule has 2 atom stereocenters. The molecule has 1 aromatic carbocycles. The smallest absolute Gasteiger partial charge is 0.301 e. The number of aromatic nitrogens is 6. The number of rotatable bonds is 8. The standard InChI is InChI=1S/C43H47ClF3N11O4/c1-55-39-29(35-36(41(55)61)62-21-43(46,47)37(52-35)24-3-4-24)15-25(18-48-39)50-38-30(44)19-49-42(53-38)58-13-7-22(8-14-58)20-57-11-9-23(10-12-57)27-17-32-28(16-31(27)45)34(54-56(32)2)26-5-6-33(59)51-40(26)60/h15-19,22-24,26,37,52H,3-14,20-21H2,1-2H3,(H,49,50,53)(H,51,59,60)/t26?,37-/m0/s1. The molecule has 1 aliphatic carbocycles. The van der Waals surface area contributed by atoms with Gasteiger partial charge in [-0.15, -0.1) is 0 Å². The van der Waals surface area contributed by atoms with Gasteiger partial charge in [-0.05, 0) is 99.6 Å². The van der Waals surface area contributed by atoms with E-state index >= 15 is 13.2 Å². The summed E-state index contributed by atoms with van der Waals surface area (Å²) < 4.78 is 54.5. The number of nitrogens with zero attached hydrogens (tertiary/aromatic N) is 8. The van der Waals surface area contributed by atoms with Crippen LogP contribution in [0.25, 0.3) is 21.9 Å². The summed E-state index contributed by atoms with van der Waals surface area (Å²) in [5.74, 6) is -3.64. The number of hydrogen-bond acceptors (Lipinski definition) is 12. The third-order valence-electron chi connectivity index (χ3n) is 13.4. The van der Waals surface area contributed by atoms with E-state index in [-0.39, 0.29) is 47.3 Å². The quantitative estimate of drug-likeness (QED) is 0.157. The summed E-state index contributed by atoms with van der Waals surface area (Å²) in [6.45, 7) is 3.32. The Bertz CT molecular complexity index is 2670. The van der Waals surface area contributed by atoms with E-state index < -0.39 is 30.0 Å². The molecule has 3 saturated heterocycles. The SMILES string of the molecule is Cn1nc(C2CCC(=O)NC2=O)c2cc(F)c(C3CCN(CC4CCN(c5ncc(Cl)c(Nc6cnc7c(c6)c6c(c(=O)n7C)OCC(F)(F)[C@H](C7CC7)N6)n5)CC4)CC3)cc21. The van der Waals surface area contributed by atoms with Crippen LogP contribution in [-0.4, -0.2) is 97.3 Å². The number of pyridine rings is 2. The van der Waals surface area contributed by atoms with Crippen molar-refractivity contribution in [3.63, 3.8) is 0 Å². The molecular weight excluding hydrogens is 827 g/mol. The van der Waals surface area contributed by atoms with Crippen LogP contribution in [0.15, 0.2) is 35.4 Å². The number of anilines is 4. The second-order valence-electron chi connectivity index (χ2n) is 17.6. The highest BCUT2D eigenvalue weighted by Crippen LogP contribution is 2.46. The number of hydrogen-bond donors (Lipinski definition) is 3. The molecular formula is C43H47ClF3N11O4. The van der Waals surface area contributed by atoms with Crippen molar-refractivity contribution in [2.24, 2.45) is 25.9 Å². The summed E-state index contributed by atoms with van der Waals surface area (Å²) in [5, 5.41) is 14.6. The number of halogens is 4. The maximum absolute atomic E-state index is 15.8. The molecule has 1 unspecified atom stereocenters. The van der Waals surface area contributed by atoms with Crippen LogP contribution in [0.2, 0.25) is 5.02 Å².